The highest BCUT2D eigenvalue weighted by molar-refractivity contribution is 7.13. The van der Waals surface area contributed by atoms with E-state index >= 15 is 0 Å². The zero-order valence-electron chi connectivity index (χ0n) is 14.6. The Morgan fingerprint density at radius 3 is 2.78 bits per heavy atom. The highest BCUT2D eigenvalue weighted by Crippen LogP contribution is 2.25. The van der Waals surface area contributed by atoms with Gasteiger partial charge >= 0.3 is 0 Å². The Labute approximate surface area is 159 Å². The monoisotopic (exact) mass is 372 g/mol. The molecular formula is C20H16N6S. The van der Waals surface area contributed by atoms with Gasteiger partial charge in [-0.25, -0.2) is 15.0 Å². The summed E-state index contributed by atoms with van der Waals surface area (Å²) in [6.45, 7) is 0.638. The van der Waals surface area contributed by atoms with E-state index in [-0.39, 0.29) is 0 Å². The third kappa shape index (κ3) is 2.82. The van der Waals surface area contributed by atoms with E-state index in [0.29, 0.717) is 6.54 Å². The van der Waals surface area contributed by atoms with E-state index in [9.17, 15) is 0 Å². The summed E-state index contributed by atoms with van der Waals surface area (Å²) in [6.07, 6.45) is 7.38. The lowest BCUT2D eigenvalue weighted by molar-refractivity contribution is 0.713. The number of aryl methyl sites for hydroxylation is 1. The Bertz CT molecular complexity index is 1200. The topological polar surface area (TPSA) is 61.4 Å². The molecule has 27 heavy (non-hydrogen) atoms. The van der Waals surface area contributed by atoms with Crippen LogP contribution in [0.4, 0.5) is 0 Å². The van der Waals surface area contributed by atoms with Gasteiger partial charge in [0.15, 0.2) is 10.8 Å². The molecule has 0 N–H and O–H groups in total. The summed E-state index contributed by atoms with van der Waals surface area (Å²) in [5, 5.41) is 2.87. The first-order valence-corrected chi connectivity index (χ1v) is 9.45. The van der Waals surface area contributed by atoms with Gasteiger partial charge in [0.2, 0.25) is 0 Å². The fourth-order valence-electron chi connectivity index (χ4n) is 3.20. The smallest absolute Gasteiger partial charge is 0.169 e. The van der Waals surface area contributed by atoms with Crippen LogP contribution in [0.1, 0.15) is 5.82 Å². The van der Waals surface area contributed by atoms with E-state index in [2.05, 4.69) is 42.3 Å². The van der Waals surface area contributed by atoms with Crippen LogP contribution in [0.25, 0.3) is 33.1 Å². The predicted octanol–water partition coefficient (Wildman–Crippen LogP) is 4.00. The highest BCUT2D eigenvalue weighted by atomic mass is 32.1. The van der Waals surface area contributed by atoms with Gasteiger partial charge in [-0.05, 0) is 24.3 Å². The first kappa shape index (κ1) is 15.9. The second-order valence-electron chi connectivity index (χ2n) is 6.22. The van der Waals surface area contributed by atoms with Gasteiger partial charge in [0.05, 0.1) is 23.3 Å². The highest BCUT2D eigenvalue weighted by Gasteiger charge is 2.13. The molecule has 0 bridgehead atoms. The van der Waals surface area contributed by atoms with Crippen molar-refractivity contribution in [3.63, 3.8) is 0 Å². The van der Waals surface area contributed by atoms with Crippen LogP contribution in [0.2, 0.25) is 0 Å². The lowest BCUT2D eigenvalue weighted by Gasteiger charge is -2.07. The number of thiazole rings is 1. The average molecular weight is 372 g/mol. The van der Waals surface area contributed by atoms with Crippen LogP contribution in [-0.4, -0.2) is 29.1 Å². The summed E-state index contributed by atoms with van der Waals surface area (Å²) in [7, 11) is 2.05. The molecule has 4 aromatic heterocycles. The first-order valence-electron chi connectivity index (χ1n) is 8.57. The molecule has 0 saturated heterocycles. The molecule has 0 aliphatic heterocycles. The molecule has 1 aromatic carbocycles. The molecule has 7 heteroatoms. The number of hydrogen-bond acceptors (Lipinski definition) is 5. The Morgan fingerprint density at radius 2 is 1.96 bits per heavy atom. The zero-order chi connectivity index (χ0) is 18.2. The number of hydrogen-bond donors (Lipinski definition) is 0. The minimum atomic E-state index is 0.638. The molecule has 0 saturated carbocycles. The fourth-order valence-corrected chi connectivity index (χ4v) is 3.84. The quantitative estimate of drug-likeness (QED) is 0.478. The summed E-state index contributed by atoms with van der Waals surface area (Å²) < 4.78 is 4.22. The van der Waals surface area contributed by atoms with Gasteiger partial charge in [0.1, 0.15) is 5.82 Å². The normalized spacial score (nSPS) is 11.3. The van der Waals surface area contributed by atoms with Crippen LogP contribution in [0.15, 0.2) is 66.6 Å². The van der Waals surface area contributed by atoms with Gasteiger partial charge in [-0.3, -0.25) is 4.98 Å². The van der Waals surface area contributed by atoms with Gasteiger partial charge in [-0.15, -0.1) is 11.3 Å². The number of fused-ring (bicyclic) bond motifs is 1. The maximum atomic E-state index is 4.82. The lowest BCUT2D eigenvalue weighted by Crippen LogP contribution is -2.06. The van der Waals surface area contributed by atoms with Crippen LogP contribution in [0, 0.1) is 0 Å². The average Bonchev–Trinajstić information content (AvgIpc) is 3.44. The molecule has 5 rings (SSSR count). The number of benzene rings is 1. The van der Waals surface area contributed by atoms with Gasteiger partial charge in [-0.2, -0.15) is 0 Å². The van der Waals surface area contributed by atoms with E-state index < -0.39 is 0 Å². The Kier molecular flexibility index (Phi) is 3.79. The number of aromatic nitrogens is 6. The van der Waals surface area contributed by atoms with E-state index in [4.69, 9.17) is 4.98 Å². The molecule has 0 radical (unpaired) electrons. The Balaban J connectivity index is 1.54. The van der Waals surface area contributed by atoms with Gasteiger partial charge in [0, 0.05) is 42.8 Å². The van der Waals surface area contributed by atoms with Crippen LogP contribution in [0.5, 0.6) is 0 Å². The van der Waals surface area contributed by atoms with Crippen LogP contribution >= 0.6 is 11.3 Å². The summed E-state index contributed by atoms with van der Waals surface area (Å²) in [4.78, 5) is 18.1. The van der Waals surface area contributed by atoms with Crippen LogP contribution < -0.4 is 0 Å². The zero-order valence-corrected chi connectivity index (χ0v) is 15.5. The summed E-state index contributed by atoms with van der Waals surface area (Å²) in [5.74, 6) is 1.84. The lowest BCUT2D eigenvalue weighted by atomic mass is 10.1. The standard InChI is InChI=1S/C20H16N6S/c1-25-17-12-14(15-4-2-3-7-21-15)5-6-16(17)24-18(25)13-26-10-8-22-19(26)20-23-9-11-27-20/h2-12H,13H2,1H3. The van der Waals surface area contributed by atoms with Crippen molar-refractivity contribution in [3.8, 4) is 22.1 Å². The largest absolute Gasteiger partial charge is 0.330 e. The number of nitrogens with zero attached hydrogens (tertiary/aromatic N) is 6. The summed E-state index contributed by atoms with van der Waals surface area (Å²) in [6, 6.07) is 12.2. The fraction of sp³-hybridized carbons (Fsp3) is 0.100. The van der Waals surface area contributed by atoms with Crippen molar-refractivity contribution in [1.29, 1.82) is 0 Å². The Morgan fingerprint density at radius 1 is 1.00 bits per heavy atom. The molecule has 0 unspecified atom stereocenters. The molecular weight excluding hydrogens is 356 g/mol. The number of pyridine rings is 1. The maximum Gasteiger partial charge on any atom is 0.169 e. The summed E-state index contributed by atoms with van der Waals surface area (Å²) >= 11 is 1.59. The third-order valence-corrected chi connectivity index (χ3v) is 5.35. The molecule has 0 atom stereocenters. The molecule has 0 amide bonds. The number of imidazole rings is 2. The second-order valence-corrected chi connectivity index (χ2v) is 7.12. The first-order chi connectivity index (χ1) is 13.3. The molecule has 132 valence electrons. The third-order valence-electron chi connectivity index (χ3n) is 4.58. The van der Waals surface area contributed by atoms with Gasteiger partial charge in [0.25, 0.3) is 0 Å². The van der Waals surface area contributed by atoms with Crippen molar-refractivity contribution in [3.05, 3.63) is 72.4 Å². The van der Waals surface area contributed by atoms with Crippen molar-refractivity contribution < 1.29 is 0 Å². The van der Waals surface area contributed by atoms with Crippen LogP contribution in [0.3, 0.4) is 0 Å². The van der Waals surface area contributed by atoms with Crippen molar-refractivity contribution in [2.75, 3.05) is 0 Å². The van der Waals surface area contributed by atoms with E-state index in [1.165, 1.54) is 0 Å². The van der Waals surface area contributed by atoms with E-state index in [1.54, 1.807) is 23.7 Å². The van der Waals surface area contributed by atoms with Crippen molar-refractivity contribution in [2.45, 2.75) is 6.54 Å². The minimum absolute atomic E-state index is 0.638. The van der Waals surface area contributed by atoms with Crippen LogP contribution in [-0.2, 0) is 13.6 Å². The Hall–Kier alpha value is -3.32. The molecule has 0 aliphatic carbocycles. The second kappa shape index (κ2) is 6.44. The summed E-state index contributed by atoms with van der Waals surface area (Å²) in [5.41, 5.74) is 4.11. The predicted molar refractivity (Wildman–Crippen MR) is 106 cm³/mol. The van der Waals surface area contributed by atoms with Crippen molar-refractivity contribution in [2.24, 2.45) is 7.05 Å². The molecule has 6 nitrogen and oxygen atoms in total. The SMILES string of the molecule is Cn1c(Cn2ccnc2-c2nccs2)nc2ccc(-c3ccccn3)cc21. The van der Waals surface area contributed by atoms with Gasteiger partial charge < -0.3 is 9.13 Å². The molecule has 5 aromatic rings. The minimum Gasteiger partial charge on any atom is -0.330 e. The van der Waals surface area contributed by atoms with Crippen molar-refractivity contribution in [1.82, 2.24) is 29.1 Å². The van der Waals surface area contributed by atoms with E-state index in [0.717, 1.165) is 38.9 Å². The molecule has 0 spiro atoms. The molecule has 0 fully saturated rings. The molecule has 0 aliphatic rings. The van der Waals surface area contributed by atoms with E-state index in [1.807, 2.05) is 43.0 Å². The number of rotatable bonds is 4. The maximum absolute atomic E-state index is 4.82. The molecule has 4 heterocycles. The van der Waals surface area contributed by atoms with Gasteiger partial charge in [-0.1, -0.05) is 12.1 Å². The van der Waals surface area contributed by atoms with Crippen molar-refractivity contribution >= 4 is 22.4 Å².